The highest BCUT2D eigenvalue weighted by Crippen LogP contribution is 2.40. The molecular formula is C44H46N7O7P. The molecule has 59 heavy (non-hydrogen) atoms. The number of hydrogen-bond donors (Lipinski definition) is 5. The van der Waals surface area contributed by atoms with E-state index in [-0.39, 0.29) is 38.9 Å². The van der Waals surface area contributed by atoms with Gasteiger partial charge in [-0.05, 0) is 123 Å². The second-order valence-corrected chi connectivity index (χ2v) is 16.0. The van der Waals surface area contributed by atoms with Crippen LogP contribution in [-0.4, -0.2) is 83.1 Å². The van der Waals surface area contributed by atoms with Crippen LogP contribution >= 0.6 is 8.69 Å². The van der Waals surface area contributed by atoms with Crippen LogP contribution in [-0.2, 0) is 33.1 Å². The third-order valence-corrected chi connectivity index (χ3v) is 12.4. The Morgan fingerprint density at radius 1 is 0.627 bits per heavy atom. The summed E-state index contributed by atoms with van der Waals surface area (Å²) < 4.78 is 15.3. The molecule has 3 aliphatic heterocycles. The Morgan fingerprint density at radius 2 is 1.12 bits per heavy atom. The number of rotatable bonds is 15. The lowest BCUT2D eigenvalue weighted by molar-refractivity contribution is -0.118. The minimum absolute atomic E-state index is 0.0785. The van der Waals surface area contributed by atoms with Gasteiger partial charge in [0.2, 0.25) is 5.91 Å². The zero-order chi connectivity index (χ0) is 40.6. The Bertz CT molecular complexity index is 2640. The molecule has 0 spiro atoms. The van der Waals surface area contributed by atoms with Crippen LogP contribution < -0.4 is 20.0 Å². The molecule has 3 aromatic carbocycles. The second kappa shape index (κ2) is 16.4. The summed E-state index contributed by atoms with van der Waals surface area (Å²) >= 11 is 0. The topological polar surface area (TPSA) is 184 Å². The van der Waals surface area contributed by atoms with Crippen molar-refractivity contribution in [2.24, 2.45) is 0 Å². The Morgan fingerprint density at radius 3 is 1.66 bits per heavy atom. The van der Waals surface area contributed by atoms with Crippen LogP contribution in [0, 0.1) is 0 Å². The fourth-order valence-electron chi connectivity index (χ4n) is 9.16. The number of amides is 4. The molecule has 6 aromatic rings. The summed E-state index contributed by atoms with van der Waals surface area (Å²) in [6.07, 6.45) is 7.16. The minimum atomic E-state index is -0.316. The van der Waals surface area contributed by atoms with Gasteiger partial charge in [-0.25, -0.2) is 4.57 Å². The summed E-state index contributed by atoms with van der Waals surface area (Å²) in [5, 5.41) is 14.7. The van der Waals surface area contributed by atoms with Gasteiger partial charge in [0.25, 0.3) is 17.7 Å². The molecule has 6 heterocycles. The third-order valence-electron chi connectivity index (χ3n) is 12.1. The molecule has 0 saturated carbocycles. The predicted octanol–water partition coefficient (Wildman–Crippen LogP) is 7.10. The van der Waals surface area contributed by atoms with Crippen molar-refractivity contribution in [2.45, 2.75) is 64.2 Å². The van der Waals surface area contributed by atoms with E-state index in [1.165, 1.54) is 0 Å². The number of aromatic amines is 3. The molecule has 14 nitrogen and oxygen atoms in total. The van der Waals surface area contributed by atoms with Crippen molar-refractivity contribution < 1.29 is 33.4 Å². The number of aromatic nitrogens is 3. The number of carbonyl (C=O) groups is 4. The van der Waals surface area contributed by atoms with Crippen LogP contribution in [0.25, 0.3) is 32.7 Å². The van der Waals surface area contributed by atoms with Crippen LogP contribution in [0.2, 0.25) is 0 Å². The fourth-order valence-corrected chi connectivity index (χ4v) is 9.37. The molecule has 15 heteroatoms. The first-order valence-corrected chi connectivity index (χ1v) is 21.3. The maximum absolute atomic E-state index is 14.1. The Labute approximate surface area is 341 Å². The van der Waals surface area contributed by atoms with Crippen molar-refractivity contribution in [3.8, 4) is 0 Å². The average Bonchev–Trinajstić information content (AvgIpc) is 4.10. The molecule has 0 aliphatic carbocycles. The number of benzene rings is 3. The highest BCUT2D eigenvalue weighted by atomic mass is 31.1. The molecule has 0 atom stereocenters. The van der Waals surface area contributed by atoms with Crippen molar-refractivity contribution in [2.75, 3.05) is 54.1 Å². The monoisotopic (exact) mass is 815 g/mol. The molecule has 0 unspecified atom stereocenters. The van der Waals surface area contributed by atoms with Crippen LogP contribution in [0.15, 0.2) is 54.6 Å². The smallest absolute Gasteiger partial charge is 0.327 e. The molecule has 5 N–H and O–H groups in total. The summed E-state index contributed by atoms with van der Waals surface area (Å²) in [5.74, 6) is -0.363. The number of fused-ring (bicyclic) bond motifs is 9. The van der Waals surface area contributed by atoms with Gasteiger partial charge in [-0.15, -0.1) is 0 Å². The molecule has 4 amide bonds. The number of carbonyl (C=O) groups excluding carboxylic acids is 4. The van der Waals surface area contributed by atoms with Crippen LogP contribution in [0.5, 0.6) is 0 Å². The van der Waals surface area contributed by atoms with Gasteiger partial charge in [0.1, 0.15) is 17.1 Å². The molecule has 304 valence electrons. The SMILES string of the molecule is O=POCCCCCC(=O)N1CCc2c1ccc1[nH]c(C(=O)N3CCc4c3ccc3[nH]c(C(=O)N5CCc6c5ccc5[nH]c(C(=O)NCCCCCO)cc65)cc43)cc21. The number of nitrogens with one attached hydrogen (secondary N) is 4. The fraction of sp³-hybridized carbons (Fsp3) is 0.364. The molecule has 9 rings (SSSR count). The van der Waals surface area contributed by atoms with E-state index >= 15 is 0 Å². The summed E-state index contributed by atoms with van der Waals surface area (Å²) in [6, 6.07) is 17.3. The van der Waals surface area contributed by atoms with Gasteiger partial charge < -0.3 is 40.1 Å². The Hall–Kier alpha value is -5.82. The first kappa shape index (κ1) is 38.7. The second-order valence-electron chi connectivity index (χ2n) is 15.6. The van der Waals surface area contributed by atoms with Gasteiger partial charge in [-0.2, -0.15) is 0 Å². The normalized spacial score (nSPS) is 14.6. The van der Waals surface area contributed by atoms with E-state index in [4.69, 9.17) is 9.63 Å². The number of aliphatic hydroxyl groups is 1. The van der Waals surface area contributed by atoms with Gasteiger partial charge in [-0.1, -0.05) is 6.42 Å². The summed E-state index contributed by atoms with van der Waals surface area (Å²) in [4.78, 5) is 69.6. The van der Waals surface area contributed by atoms with Crippen molar-refractivity contribution in [1.82, 2.24) is 20.3 Å². The number of anilines is 3. The van der Waals surface area contributed by atoms with Crippen LogP contribution in [0.1, 0.15) is 93.1 Å². The van der Waals surface area contributed by atoms with Crippen LogP contribution in [0.4, 0.5) is 17.1 Å². The summed E-state index contributed by atoms with van der Waals surface area (Å²) in [5.41, 5.74) is 9.65. The largest absolute Gasteiger partial charge is 0.396 e. The number of H-pyrrole nitrogens is 3. The van der Waals surface area contributed by atoms with E-state index in [1.807, 2.05) is 59.5 Å². The summed E-state index contributed by atoms with van der Waals surface area (Å²) in [6.45, 7) is 2.73. The number of unbranched alkanes of at least 4 members (excludes halogenated alkanes) is 4. The molecule has 0 bridgehead atoms. The maximum Gasteiger partial charge on any atom is 0.327 e. The maximum atomic E-state index is 14.1. The highest BCUT2D eigenvalue weighted by molar-refractivity contribution is 7.17. The van der Waals surface area contributed by atoms with Crippen molar-refractivity contribution >= 4 is 82.1 Å². The van der Waals surface area contributed by atoms with Crippen molar-refractivity contribution in [3.05, 3.63) is 88.4 Å². The first-order valence-electron chi connectivity index (χ1n) is 20.6. The molecular weight excluding hydrogens is 769 g/mol. The Kier molecular flexibility index (Phi) is 10.8. The lowest BCUT2D eigenvalue weighted by atomic mass is 10.1. The van der Waals surface area contributed by atoms with E-state index in [0.29, 0.717) is 75.6 Å². The lowest BCUT2D eigenvalue weighted by Crippen LogP contribution is -2.29. The summed E-state index contributed by atoms with van der Waals surface area (Å²) in [7, 11) is -0.316. The number of aliphatic hydroxyl groups excluding tert-OH is 1. The van der Waals surface area contributed by atoms with Crippen molar-refractivity contribution in [3.63, 3.8) is 0 Å². The number of nitrogens with zero attached hydrogens (tertiary/aromatic N) is 3. The average molecular weight is 816 g/mol. The molecule has 0 radical (unpaired) electrons. The molecule has 0 saturated heterocycles. The zero-order valence-electron chi connectivity index (χ0n) is 32.7. The van der Waals surface area contributed by atoms with E-state index in [1.54, 1.807) is 9.80 Å². The Balaban J connectivity index is 0.893. The zero-order valence-corrected chi connectivity index (χ0v) is 33.6. The minimum Gasteiger partial charge on any atom is -0.396 e. The third kappa shape index (κ3) is 7.19. The molecule has 0 fully saturated rings. The predicted molar refractivity (Wildman–Crippen MR) is 227 cm³/mol. The van der Waals surface area contributed by atoms with E-state index in [2.05, 4.69) is 20.3 Å². The van der Waals surface area contributed by atoms with Gasteiger partial charge in [0.15, 0.2) is 0 Å². The van der Waals surface area contributed by atoms with E-state index in [0.717, 1.165) is 105 Å². The lowest BCUT2D eigenvalue weighted by Gasteiger charge is -2.17. The van der Waals surface area contributed by atoms with Crippen molar-refractivity contribution in [1.29, 1.82) is 0 Å². The molecule has 3 aromatic heterocycles. The molecule has 3 aliphatic rings. The van der Waals surface area contributed by atoms with Gasteiger partial charge in [0.05, 0.1) is 6.61 Å². The van der Waals surface area contributed by atoms with E-state index < -0.39 is 0 Å². The van der Waals surface area contributed by atoms with Gasteiger partial charge in [0, 0.05) is 89.0 Å². The first-order chi connectivity index (χ1) is 28.8. The van der Waals surface area contributed by atoms with Gasteiger partial charge in [-0.3, -0.25) is 23.7 Å². The quantitative estimate of drug-likeness (QED) is 0.0541. The number of hydrogen-bond acceptors (Lipinski definition) is 7. The van der Waals surface area contributed by atoms with E-state index in [9.17, 15) is 23.7 Å². The highest BCUT2D eigenvalue weighted by Gasteiger charge is 2.33. The standard InChI is InChI=1S/C44H46N7O7P/c52-21-5-2-4-17-45-42(54)35-23-29-27-15-19-50(39(27)12-9-32(29)46-35)44(56)37-25-31-28-16-20-51(40(28)13-10-34(31)48-37)43(55)36-24-30-26-14-18-49(38(26)11-8-33(30)47-36)41(53)7-3-1-6-22-58-59-57/h8-13,23-25,46-48,52H,1-7,14-22H2,(H,45,54). The van der Waals surface area contributed by atoms with Crippen LogP contribution in [0.3, 0.4) is 0 Å². The van der Waals surface area contributed by atoms with Gasteiger partial charge >= 0.3 is 8.69 Å².